The summed E-state index contributed by atoms with van der Waals surface area (Å²) in [5.74, 6) is -0.461. The summed E-state index contributed by atoms with van der Waals surface area (Å²) in [5.41, 5.74) is 0.585. The molecule has 0 aliphatic rings. The van der Waals surface area contributed by atoms with E-state index >= 15 is 0 Å². The van der Waals surface area contributed by atoms with Gasteiger partial charge in [-0.3, -0.25) is 4.90 Å². The summed E-state index contributed by atoms with van der Waals surface area (Å²) in [4.78, 5) is 26.1. The maximum Gasteiger partial charge on any atom is 0.410 e. The Morgan fingerprint density at radius 1 is 1.23 bits per heavy atom. The van der Waals surface area contributed by atoms with Gasteiger partial charge in [0.2, 0.25) is 0 Å². The number of carbonyl (C=O) groups is 2. The molecule has 0 heterocycles. The van der Waals surface area contributed by atoms with Crippen LogP contribution in [0.3, 0.4) is 0 Å². The molecule has 1 atom stereocenters. The Bertz CT molecular complexity index is 564. The molecule has 0 aromatic heterocycles. The predicted octanol–water partition coefficient (Wildman–Crippen LogP) is 3.81. The SMILES string of the molecule is CC[C@@H](C(=O)OC)N(CCOC(C)(C)CI)C(=O)OCc1ccccc1. The Hall–Kier alpha value is -1.35. The van der Waals surface area contributed by atoms with Gasteiger partial charge in [0.25, 0.3) is 0 Å². The molecule has 0 unspecified atom stereocenters. The number of rotatable bonds is 10. The van der Waals surface area contributed by atoms with E-state index in [1.165, 1.54) is 12.0 Å². The molecule has 0 fully saturated rings. The Balaban J connectivity index is 2.77. The van der Waals surface area contributed by atoms with E-state index in [2.05, 4.69) is 22.6 Å². The normalized spacial score (nSPS) is 12.3. The number of alkyl halides is 1. The number of amides is 1. The van der Waals surface area contributed by atoms with E-state index in [1.807, 2.05) is 51.1 Å². The maximum absolute atomic E-state index is 12.6. The van der Waals surface area contributed by atoms with Crippen molar-refractivity contribution in [1.82, 2.24) is 4.90 Å². The number of ether oxygens (including phenoxy) is 3. The molecule has 0 saturated heterocycles. The molecule has 0 aliphatic heterocycles. The minimum absolute atomic E-state index is 0.147. The van der Waals surface area contributed by atoms with E-state index in [9.17, 15) is 9.59 Å². The van der Waals surface area contributed by atoms with Crippen molar-refractivity contribution < 1.29 is 23.8 Å². The second-order valence-corrected chi connectivity index (χ2v) is 7.19. The lowest BCUT2D eigenvalue weighted by molar-refractivity contribution is -0.147. The quantitative estimate of drug-likeness (QED) is 0.292. The zero-order valence-corrected chi connectivity index (χ0v) is 18.0. The van der Waals surface area contributed by atoms with Crippen LogP contribution in [0.1, 0.15) is 32.8 Å². The van der Waals surface area contributed by atoms with Crippen molar-refractivity contribution >= 4 is 34.7 Å². The van der Waals surface area contributed by atoms with E-state index in [-0.39, 0.29) is 18.8 Å². The highest BCUT2D eigenvalue weighted by molar-refractivity contribution is 14.1. The molecule has 0 aliphatic carbocycles. The number of esters is 1. The van der Waals surface area contributed by atoms with Crippen LogP contribution in [0.25, 0.3) is 0 Å². The van der Waals surface area contributed by atoms with Crippen LogP contribution < -0.4 is 0 Å². The Labute approximate surface area is 169 Å². The topological polar surface area (TPSA) is 65.1 Å². The summed E-state index contributed by atoms with van der Waals surface area (Å²) in [6.45, 7) is 6.50. The van der Waals surface area contributed by atoms with Gasteiger partial charge in [-0.25, -0.2) is 9.59 Å². The summed E-state index contributed by atoms with van der Waals surface area (Å²) < 4.78 is 16.9. The van der Waals surface area contributed by atoms with Crippen LogP contribution in [0, 0.1) is 0 Å². The third-order valence-electron chi connectivity index (χ3n) is 3.82. The van der Waals surface area contributed by atoms with Gasteiger partial charge >= 0.3 is 12.1 Å². The van der Waals surface area contributed by atoms with Gasteiger partial charge in [-0.1, -0.05) is 59.8 Å². The van der Waals surface area contributed by atoms with Crippen LogP contribution >= 0.6 is 22.6 Å². The van der Waals surface area contributed by atoms with E-state index in [0.29, 0.717) is 13.0 Å². The first-order valence-corrected chi connectivity index (χ1v) is 10.1. The lowest BCUT2D eigenvalue weighted by atomic mass is 10.2. The average Bonchev–Trinajstić information content (AvgIpc) is 2.65. The average molecular weight is 477 g/mol. The van der Waals surface area contributed by atoms with Crippen molar-refractivity contribution in [3.05, 3.63) is 35.9 Å². The molecule has 1 aromatic carbocycles. The first-order valence-electron chi connectivity index (χ1n) is 8.59. The number of nitrogens with zero attached hydrogens (tertiary/aromatic N) is 1. The fourth-order valence-corrected chi connectivity index (χ4v) is 2.51. The van der Waals surface area contributed by atoms with Crippen LogP contribution in [-0.4, -0.2) is 53.3 Å². The summed E-state index contributed by atoms with van der Waals surface area (Å²) >= 11 is 2.25. The standard InChI is InChI=1S/C19H28INO5/c1-5-16(17(22)24-4)21(11-12-26-19(2,3)14-20)18(23)25-13-15-9-7-6-8-10-15/h6-10,16H,5,11-14H2,1-4H3/t16-/m0/s1. The molecule has 0 saturated carbocycles. The van der Waals surface area contributed by atoms with Crippen LogP contribution in [0.2, 0.25) is 0 Å². The number of hydrogen-bond acceptors (Lipinski definition) is 5. The van der Waals surface area contributed by atoms with E-state index < -0.39 is 18.1 Å². The molecule has 1 rings (SSSR count). The van der Waals surface area contributed by atoms with Crippen molar-refractivity contribution in [2.75, 3.05) is 24.7 Å². The highest BCUT2D eigenvalue weighted by atomic mass is 127. The maximum atomic E-state index is 12.6. The number of carbonyl (C=O) groups excluding carboxylic acids is 2. The van der Waals surface area contributed by atoms with Crippen LogP contribution in [0.4, 0.5) is 4.79 Å². The molecule has 0 radical (unpaired) electrons. The summed E-state index contributed by atoms with van der Waals surface area (Å²) in [7, 11) is 1.31. The largest absolute Gasteiger partial charge is 0.467 e. The van der Waals surface area contributed by atoms with Crippen LogP contribution in [-0.2, 0) is 25.6 Å². The highest BCUT2D eigenvalue weighted by Crippen LogP contribution is 2.15. The van der Waals surface area contributed by atoms with Crippen molar-refractivity contribution in [3.8, 4) is 0 Å². The number of benzene rings is 1. The molecular formula is C19H28INO5. The Morgan fingerprint density at radius 2 is 1.88 bits per heavy atom. The first-order chi connectivity index (χ1) is 12.3. The molecule has 1 amide bonds. The molecule has 1 aromatic rings. The molecule has 0 N–H and O–H groups in total. The van der Waals surface area contributed by atoms with Crippen molar-refractivity contribution in [1.29, 1.82) is 0 Å². The summed E-state index contributed by atoms with van der Waals surface area (Å²) in [6, 6.07) is 8.71. The van der Waals surface area contributed by atoms with Gasteiger partial charge in [0.05, 0.1) is 19.3 Å². The van der Waals surface area contributed by atoms with Gasteiger partial charge in [-0.2, -0.15) is 0 Å². The minimum Gasteiger partial charge on any atom is -0.467 e. The number of hydrogen-bond donors (Lipinski definition) is 0. The van der Waals surface area contributed by atoms with Gasteiger partial charge < -0.3 is 14.2 Å². The van der Waals surface area contributed by atoms with Gasteiger partial charge in [0, 0.05) is 11.0 Å². The van der Waals surface area contributed by atoms with Gasteiger partial charge in [0.15, 0.2) is 0 Å². The molecule has 26 heavy (non-hydrogen) atoms. The molecule has 146 valence electrons. The van der Waals surface area contributed by atoms with Gasteiger partial charge in [-0.05, 0) is 25.8 Å². The van der Waals surface area contributed by atoms with Crippen molar-refractivity contribution in [2.24, 2.45) is 0 Å². The van der Waals surface area contributed by atoms with E-state index in [0.717, 1.165) is 9.99 Å². The van der Waals surface area contributed by atoms with Crippen LogP contribution in [0.5, 0.6) is 0 Å². The minimum atomic E-state index is -0.699. The molecular weight excluding hydrogens is 449 g/mol. The molecule has 0 bridgehead atoms. The lowest BCUT2D eigenvalue weighted by Gasteiger charge is -2.30. The second-order valence-electron chi connectivity index (χ2n) is 6.42. The second kappa shape index (κ2) is 11.4. The van der Waals surface area contributed by atoms with Crippen molar-refractivity contribution in [2.45, 2.75) is 45.4 Å². The number of methoxy groups -OCH3 is 1. The smallest absolute Gasteiger partial charge is 0.410 e. The third-order valence-corrected chi connectivity index (χ3v) is 5.66. The number of halogens is 1. The lowest BCUT2D eigenvalue weighted by Crippen LogP contribution is -2.47. The van der Waals surface area contributed by atoms with E-state index in [4.69, 9.17) is 14.2 Å². The Morgan fingerprint density at radius 3 is 2.42 bits per heavy atom. The fraction of sp³-hybridized carbons (Fsp3) is 0.579. The predicted molar refractivity (Wildman–Crippen MR) is 108 cm³/mol. The van der Waals surface area contributed by atoms with Crippen LogP contribution in [0.15, 0.2) is 30.3 Å². The van der Waals surface area contributed by atoms with Gasteiger partial charge in [-0.15, -0.1) is 0 Å². The highest BCUT2D eigenvalue weighted by Gasteiger charge is 2.31. The molecule has 7 heteroatoms. The zero-order valence-electron chi connectivity index (χ0n) is 15.9. The molecule has 0 spiro atoms. The van der Waals surface area contributed by atoms with Crippen molar-refractivity contribution in [3.63, 3.8) is 0 Å². The first kappa shape index (κ1) is 22.7. The monoisotopic (exact) mass is 477 g/mol. The zero-order chi connectivity index (χ0) is 19.6. The summed E-state index contributed by atoms with van der Waals surface area (Å²) in [5, 5.41) is 0. The Kier molecular flexibility index (Phi) is 9.93. The van der Waals surface area contributed by atoms with E-state index in [1.54, 1.807) is 0 Å². The molecule has 6 nitrogen and oxygen atoms in total. The third kappa shape index (κ3) is 7.49. The fourth-order valence-electron chi connectivity index (χ4n) is 2.29. The van der Waals surface area contributed by atoms with Gasteiger partial charge in [0.1, 0.15) is 12.6 Å². The summed E-state index contributed by atoms with van der Waals surface area (Å²) in [6.07, 6.45) is -0.120.